The van der Waals surface area contributed by atoms with E-state index in [1.807, 2.05) is 32.9 Å². The van der Waals surface area contributed by atoms with Gasteiger partial charge >= 0.3 is 0 Å². The fraction of sp³-hybridized carbons (Fsp3) is 0.467. The number of nitro groups is 1. The van der Waals surface area contributed by atoms with E-state index < -0.39 is 8.07 Å². The minimum Gasteiger partial charge on any atom is -0.258 e. The molecule has 4 heteroatoms. The molecule has 0 amide bonds. The van der Waals surface area contributed by atoms with Gasteiger partial charge in [-0.25, -0.2) is 0 Å². The largest absolute Gasteiger partial charge is 0.274 e. The quantitative estimate of drug-likeness (QED) is 0.335. The molecule has 0 unspecified atom stereocenters. The summed E-state index contributed by atoms with van der Waals surface area (Å²) in [6.45, 7) is 12.4. The van der Waals surface area contributed by atoms with E-state index in [0.717, 1.165) is 11.1 Å². The maximum atomic E-state index is 11.2. The molecule has 0 heterocycles. The van der Waals surface area contributed by atoms with Crippen molar-refractivity contribution in [3.63, 3.8) is 0 Å². The van der Waals surface area contributed by atoms with Gasteiger partial charge in [0.1, 0.15) is 8.07 Å². The van der Waals surface area contributed by atoms with Crippen LogP contribution in [0.4, 0.5) is 5.69 Å². The highest BCUT2D eigenvalue weighted by atomic mass is 28.3. The SMILES string of the molecule is CC(C)(C)c1ccc(C#C[Si](C)(C)C)cc1[N+](=O)[O-]. The fourth-order valence-electron chi connectivity index (χ4n) is 1.65. The van der Waals surface area contributed by atoms with Gasteiger partial charge in [0.2, 0.25) is 0 Å². The molecule has 0 fully saturated rings. The molecular formula is C15H21NO2Si. The van der Waals surface area contributed by atoms with Crippen molar-refractivity contribution in [2.75, 3.05) is 0 Å². The Bertz CT molecular complexity index is 554. The summed E-state index contributed by atoms with van der Waals surface area (Å²) in [4.78, 5) is 10.9. The number of nitro benzene ring substituents is 1. The number of nitrogens with zero attached hydrogens (tertiary/aromatic N) is 1. The average Bonchev–Trinajstić information content (AvgIpc) is 2.23. The minimum atomic E-state index is -1.47. The molecule has 0 atom stereocenters. The zero-order chi connectivity index (χ0) is 14.8. The van der Waals surface area contributed by atoms with Gasteiger partial charge in [-0.1, -0.05) is 52.4 Å². The molecule has 3 nitrogen and oxygen atoms in total. The van der Waals surface area contributed by atoms with Crippen molar-refractivity contribution in [1.29, 1.82) is 0 Å². The molecule has 1 aromatic rings. The first-order valence-corrected chi connectivity index (χ1v) is 9.83. The summed E-state index contributed by atoms with van der Waals surface area (Å²) < 4.78 is 0. The van der Waals surface area contributed by atoms with E-state index in [2.05, 4.69) is 31.1 Å². The van der Waals surface area contributed by atoms with Gasteiger partial charge in [-0.05, 0) is 11.5 Å². The van der Waals surface area contributed by atoms with Gasteiger partial charge in [-0.3, -0.25) is 10.1 Å². The van der Waals surface area contributed by atoms with Gasteiger partial charge in [0, 0.05) is 17.2 Å². The van der Waals surface area contributed by atoms with E-state index >= 15 is 0 Å². The molecule has 0 bridgehead atoms. The third kappa shape index (κ3) is 4.53. The molecule has 102 valence electrons. The third-order valence-electron chi connectivity index (χ3n) is 2.58. The first-order chi connectivity index (χ1) is 8.50. The highest BCUT2D eigenvalue weighted by Gasteiger charge is 2.24. The van der Waals surface area contributed by atoms with Gasteiger partial charge < -0.3 is 0 Å². The van der Waals surface area contributed by atoms with Crippen molar-refractivity contribution in [3.8, 4) is 11.5 Å². The molecule has 19 heavy (non-hydrogen) atoms. The Morgan fingerprint density at radius 3 is 2.21 bits per heavy atom. The molecule has 0 spiro atoms. The lowest BCUT2D eigenvalue weighted by Crippen LogP contribution is -2.16. The summed E-state index contributed by atoms with van der Waals surface area (Å²) >= 11 is 0. The zero-order valence-corrected chi connectivity index (χ0v) is 13.5. The first-order valence-electron chi connectivity index (χ1n) is 6.33. The van der Waals surface area contributed by atoms with E-state index in [1.165, 1.54) is 0 Å². The van der Waals surface area contributed by atoms with E-state index in [0.29, 0.717) is 0 Å². The summed E-state index contributed by atoms with van der Waals surface area (Å²) in [7, 11) is -1.47. The van der Waals surface area contributed by atoms with Crippen molar-refractivity contribution >= 4 is 13.8 Å². The van der Waals surface area contributed by atoms with E-state index in [-0.39, 0.29) is 16.0 Å². The zero-order valence-electron chi connectivity index (χ0n) is 12.5. The van der Waals surface area contributed by atoms with Crippen molar-refractivity contribution in [2.24, 2.45) is 0 Å². The number of benzene rings is 1. The Morgan fingerprint density at radius 2 is 1.79 bits per heavy atom. The predicted molar refractivity (Wildman–Crippen MR) is 82.0 cm³/mol. The van der Waals surface area contributed by atoms with Crippen molar-refractivity contribution in [3.05, 3.63) is 39.4 Å². The van der Waals surface area contributed by atoms with Crippen LogP contribution in [0.5, 0.6) is 0 Å². The normalized spacial score (nSPS) is 11.7. The monoisotopic (exact) mass is 275 g/mol. The topological polar surface area (TPSA) is 43.1 Å². The third-order valence-corrected chi connectivity index (χ3v) is 3.46. The molecular weight excluding hydrogens is 254 g/mol. The summed E-state index contributed by atoms with van der Waals surface area (Å²) in [6, 6.07) is 5.29. The molecule has 0 aliphatic rings. The molecule has 0 aromatic heterocycles. The minimum absolute atomic E-state index is 0.162. The van der Waals surface area contributed by atoms with Crippen LogP contribution in [0.25, 0.3) is 0 Å². The number of hydrogen-bond acceptors (Lipinski definition) is 2. The Labute approximate surface area is 116 Å². The van der Waals surface area contributed by atoms with Crippen LogP contribution < -0.4 is 0 Å². The number of rotatable bonds is 1. The lowest BCUT2D eigenvalue weighted by atomic mass is 9.85. The maximum Gasteiger partial charge on any atom is 0.274 e. The van der Waals surface area contributed by atoms with Gasteiger partial charge in [0.15, 0.2) is 0 Å². The second kappa shape index (κ2) is 5.18. The first kappa shape index (κ1) is 15.5. The van der Waals surface area contributed by atoms with Crippen LogP contribution in [-0.2, 0) is 5.41 Å². The van der Waals surface area contributed by atoms with Crippen molar-refractivity contribution in [2.45, 2.75) is 45.8 Å². The van der Waals surface area contributed by atoms with Gasteiger partial charge in [-0.2, -0.15) is 0 Å². The molecule has 0 aliphatic carbocycles. The fourth-order valence-corrected chi connectivity index (χ4v) is 2.17. The Morgan fingerprint density at radius 1 is 1.21 bits per heavy atom. The van der Waals surface area contributed by atoms with Gasteiger partial charge in [0.05, 0.1) is 4.92 Å². The average molecular weight is 275 g/mol. The lowest BCUT2D eigenvalue weighted by molar-refractivity contribution is -0.386. The predicted octanol–water partition coefficient (Wildman–Crippen LogP) is 4.12. The smallest absolute Gasteiger partial charge is 0.258 e. The highest BCUT2D eigenvalue weighted by Crippen LogP contribution is 2.31. The Kier molecular flexibility index (Phi) is 4.21. The van der Waals surface area contributed by atoms with Gasteiger partial charge in [-0.15, -0.1) is 5.54 Å². The van der Waals surface area contributed by atoms with Crippen LogP contribution in [-0.4, -0.2) is 13.0 Å². The summed E-state index contributed by atoms with van der Waals surface area (Å²) in [5, 5.41) is 11.2. The van der Waals surface area contributed by atoms with E-state index in [1.54, 1.807) is 6.07 Å². The maximum absolute atomic E-state index is 11.2. The second-order valence-corrected chi connectivity index (χ2v) is 11.5. The molecule has 0 radical (unpaired) electrons. The van der Waals surface area contributed by atoms with Crippen LogP contribution in [0.1, 0.15) is 31.9 Å². The van der Waals surface area contributed by atoms with Gasteiger partial charge in [0.25, 0.3) is 5.69 Å². The summed E-state index contributed by atoms with van der Waals surface area (Å²) in [5.74, 6) is 3.07. The highest BCUT2D eigenvalue weighted by molar-refractivity contribution is 6.83. The van der Waals surface area contributed by atoms with E-state index in [4.69, 9.17) is 0 Å². The summed E-state index contributed by atoms with van der Waals surface area (Å²) in [6.07, 6.45) is 0. The molecule has 0 N–H and O–H groups in total. The Balaban J connectivity index is 3.32. The molecule has 0 saturated heterocycles. The standard InChI is InChI=1S/C15H21NO2Si/c1-15(2,3)13-8-7-12(9-10-19(4,5)6)11-14(13)16(17)18/h7-8,11H,1-6H3. The van der Waals surface area contributed by atoms with Crippen LogP contribution in [0.3, 0.4) is 0 Å². The van der Waals surface area contributed by atoms with Crippen molar-refractivity contribution < 1.29 is 4.92 Å². The van der Waals surface area contributed by atoms with Crippen LogP contribution in [0.2, 0.25) is 19.6 Å². The summed E-state index contributed by atoms with van der Waals surface area (Å²) in [5.41, 5.74) is 4.62. The number of hydrogen-bond donors (Lipinski definition) is 0. The molecule has 1 aromatic carbocycles. The van der Waals surface area contributed by atoms with Crippen LogP contribution in [0, 0.1) is 21.6 Å². The van der Waals surface area contributed by atoms with Crippen LogP contribution in [0.15, 0.2) is 18.2 Å². The molecule has 1 rings (SSSR count). The lowest BCUT2D eigenvalue weighted by Gasteiger charge is -2.18. The van der Waals surface area contributed by atoms with Crippen molar-refractivity contribution in [1.82, 2.24) is 0 Å². The van der Waals surface area contributed by atoms with E-state index in [9.17, 15) is 10.1 Å². The molecule has 0 aliphatic heterocycles. The second-order valence-electron chi connectivity index (χ2n) is 6.74. The molecule has 0 saturated carbocycles. The van der Waals surface area contributed by atoms with Crippen LogP contribution >= 0.6 is 0 Å². The Hall–Kier alpha value is -1.60.